The third-order valence-electron chi connectivity index (χ3n) is 8.12. The zero-order chi connectivity index (χ0) is 30.5. The number of morpholine rings is 1. The van der Waals surface area contributed by atoms with Crippen molar-refractivity contribution in [2.75, 3.05) is 63.9 Å². The highest BCUT2D eigenvalue weighted by Crippen LogP contribution is 2.28. The minimum atomic E-state index is -0.528. The van der Waals surface area contributed by atoms with Crippen molar-refractivity contribution < 1.29 is 18.7 Å². The van der Waals surface area contributed by atoms with Gasteiger partial charge in [-0.15, -0.1) is 0 Å². The van der Waals surface area contributed by atoms with Crippen LogP contribution < -0.4 is 15.2 Å². The third kappa shape index (κ3) is 6.63. The number of rotatable bonds is 8. The van der Waals surface area contributed by atoms with Gasteiger partial charge in [0.05, 0.1) is 25.0 Å². The van der Waals surface area contributed by atoms with E-state index in [0.29, 0.717) is 45.3 Å². The van der Waals surface area contributed by atoms with Crippen LogP contribution in [0.3, 0.4) is 0 Å². The highest BCUT2D eigenvalue weighted by Gasteiger charge is 2.26. The number of piperazine rings is 1. The first kappa shape index (κ1) is 29.5. The number of nitrogens with zero attached hydrogens (tertiary/aromatic N) is 6. The predicted octanol–water partition coefficient (Wildman–Crippen LogP) is 3.40. The van der Waals surface area contributed by atoms with E-state index in [2.05, 4.69) is 14.9 Å². The molecule has 0 aliphatic carbocycles. The molecular formula is C33H35FN6O4. The number of carbonyl (C=O) groups excluding carboxylic acids is 1. The number of aromatic nitrogens is 3. The summed E-state index contributed by atoms with van der Waals surface area (Å²) in [5, 5.41) is 0. The second-order valence-electron chi connectivity index (χ2n) is 10.9. The Balaban J connectivity index is 1.02. The maximum atomic E-state index is 14.4. The van der Waals surface area contributed by atoms with Crippen LogP contribution in [0.5, 0.6) is 5.75 Å². The first-order chi connectivity index (χ1) is 21.5. The average Bonchev–Trinajstić information content (AvgIpc) is 3.07. The molecule has 11 heteroatoms. The van der Waals surface area contributed by atoms with E-state index in [1.165, 1.54) is 22.9 Å². The van der Waals surface area contributed by atoms with E-state index in [1.807, 2.05) is 64.4 Å². The summed E-state index contributed by atoms with van der Waals surface area (Å²) in [6.07, 6.45) is 2.36. The van der Waals surface area contributed by atoms with Crippen molar-refractivity contribution in [3.63, 3.8) is 0 Å². The molecule has 0 bridgehead atoms. The molecule has 0 N–H and O–H groups in total. The number of anilines is 1. The molecule has 0 radical (unpaired) electrons. The summed E-state index contributed by atoms with van der Waals surface area (Å²) in [6, 6.07) is 20.1. The second-order valence-corrected chi connectivity index (χ2v) is 10.9. The van der Waals surface area contributed by atoms with Crippen molar-refractivity contribution in [3.05, 3.63) is 106 Å². The van der Waals surface area contributed by atoms with Crippen LogP contribution in [0.25, 0.3) is 11.3 Å². The molecule has 2 aromatic carbocycles. The van der Waals surface area contributed by atoms with Gasteiger partial charge < -0.3 is 19.3 Å². The summed E-state index contributed by atoms with van der Waals surface area (Å²) in [5.41, 5.74) is 1.96. The Morgan fingerprint density at radius 2 is 1.80 bits per heavy atom. The summed E-state index contributed by atoms with van der Waals surface area (Å²) in [7, 11) is 1.66. The number of pyridine rings is 1. The van der Waals surface area contributed by atoms with Crippen LogP contribution in [-0.2, 0) is 11.8 Å². The molecule has 44 heavy (non-hydrogen) atoms. The van der Waals surface area contributed by atoms with E-state index in [4.69, 9.17) is 9.47 Å². The smallest absolute Gasteiger partial charge is 0.255 e. The average molecular weight is 599 g/mol. The molecule has 2 aromatic heterocycles. The van der Waals surface area contributed by atoms with Gasteiger partial charge in [-0.05, 0) is 35.9 Å². The number of amides is 1. The van der Waals surface area contributed by atoms with Gasteiger partial charge in [0.15, 0.2) is 5.82 Å². The lowest BCUT2D eigenvalue weighted by Crippen LogP contribution is -2.49. The van der Waals surface area contributed by atoms with E-state index in [-0.39, 0.29) is 28.8 Å². The third-order valence-corrected chi connectivity index (χ3v) is 8.12. The van der Waals surface area contributed by atoms with Crippen LogP contribution in [0.15, 0.2) is 83.9 Å². The summed E-state index contributed by atoms with van der Waals surface area (Å²) in [5.74, 6) is 0.790. The molecule has 6 rings (SSSR count). The molecule has 1 atom stereocenters. The van der Waals surface area contributed by atoms with Crippen LogP contribution in [0, 0.1) is 5.82 Å². The Kier molecular flexibility index (Phi) is 8.94. The summed E-state index contributed by atoms with van der Waals surface area (Å²) in [6.45, 7) is 5.87. The Hall–Kier alpha value is -4.61. The quantitative estimate of drug-likeness (QED) is 0.305. The molecule has 2 saturated heterocycles. The van der Waals surface area contributed by atoms with Gasteiger partial charge in [-0.1, -0.05) is 30.3 Å². The standard InChI is InChI=1S/C33H35FN6O4/c1-37-31(41)21-29(27-11-12-35-22-28(27)34)36-33(37)40-18-20-44-30(23-40)24-7-9-26(10-8-24)43-19-17-38-13-15-39(16-14-38)32(42)25-5-3-2-4-6-25/h2-12,21-22,30H,13-20,23H2,1H3/t30-/m1/s1. The lowest BCUT2D eigenvalue weighted by Gasteiger charge is -2.35. The van der Waals surface area contributed by atoms with Crippen molar-refractivity contribution in [3.8, 4) is 17.0 Å². The fraction of sp³-hybridized carbons (Fsp3) is 0.333. The van der Waals surface area contributed by atoms with Gasteiger partial charge in [-0.3, -0.25) is 24.0 Å². The number of hydrogen-bond donors (Lipinski definition) is 0. The van der Waals surface area contributed by atoms with Crippen LogP contribution >= 0.6 is 0 Å². The van der Waals surface area contributed by atoms with E-state index in [0.717, 1.165) is 42.7 Å². The number of hydrogen-bond acceptors (Lipinski definition) is 8. The molecule has 2 aliphatic heterocycles. The monoisotopic (exact) mass is 598 g/mol. The molecule has 10 nitrogen and oxygen atoms in total. The first-order valence-electron chi connectivity index (χ1n) is 14.8. The van der Waals surface area contributed by atoms with E-state index in [9.17, 15) is 14.0 Å². The summed E-state index contributed by atoms with van der Waals surface area (Å²) < 4.78 is 28.0. The highest BCUT2D eigenvalue weighted by atomic mass is 19.1. The highest BCUT2D eigenvalue weighted by molar-refractivity contribution is 5.94. The molecule has 1 amide bonds. The minimum absolute atomic E-state index is 0.0841. The number of halogens is 1. The molecule has 0 unspecified atom stereocenters. The maximum absolute atomic E-state index is 14.4. The topological polar surface area (TPSA) is 93.0 Å². The Bertz CT molecular complexity index is 1640. The summed E-state index contributed by atoms with van der Waals surface area (Å²) in [4.78, 5) is 40.1. The maximum Gasteiger partial charge on any atom is 0.255 e. The molecule has 4 heterocycles. The van der Waals surface area contributed by atoms with Crippen LogP contribution in [-0.4, -0.2) is 89.3 Å². The fourth-order valence-corrected chi connectivity index (χ4v) is 5.57. The van der Waals surface area contributed by atoms with Gasteiger partial charge >= 0.3 is 0 Å². The van der Waals surface area contributed by atoms with Gasteiger partial charge in [0, 0.05) is 69.7 Å². The molecule has 0 spiro atoms. The van der Waals surface area contributed by atoms with Crippen molar-refractivity contribution in [1.82, 2.24) is 24.3 Å². The SMILES string of the molecule is Cn1c(N2CCO[C@@H](c3ccc(OCCN4CCN(C(=O)c5ccccc5)CC4)cc3)C2)nc(-c2ccncc2F)cc1=O. The van der Waals surface area contributed by atoms with Gasteiger partial charge in [0.2, 0.25) is 5.95 Å². The van der Waals surface area contributed by atoms with Gasteiger partial charge in [-0.25, -0.2) is 9.37 Å². The molecule has 2 fully saturated rings. The number of carbonyl (C=O) groups is 1. The van der Waals surface area contributed by atoms with Crippen LogP contribution in [0.4, 0.5) is 10.3 Å². The van der Waals surface area contributed by atoms with E-state index >= 15 is 0 Å². The largest absolute Gasteiger partial charge is 0.492 e. The van der Waals surface area contributed by atoms with Crippen LogP contribution in [0.1, 0.15) is 22.0 Å². The summed E-state index contributed by atoms with van der Waals surface area (Å²) >= 11 is 0. The fourth-order valence-electron chi connectivity index (χ4n) is 5.57. The normalized spacial score (nSPS) is 17.5. The van der Waals surface area contributed by atoms with Gasteiger partial charge in [0.1, 0.15) is 18.5 Å². The number of benzene rings is 2. The Morgan fingerprint density at radius 1 is 1.02 bits per heavy atom. The van der Waals surface area contributed by atoms with Gasteiger partial charge in [0.25, 0.3) is 11.5 Å². The predicted molar refractivity (Wildman–Crippen MR) is 164 cm³/mol. The van der Waals surface area contributed by atoms with Crippen molar-refractivity contribution in [2.24, 2.45) is 7.05 Å². The first-order valence-corrected chi connectivity index (χ1v) is 14.8. The zero-order valence-corrected chi connectivity index (χ0v) is 24.6. The Morgan fingerprint density at radius 3 is 2.55 bits per heavy atom. The van der Waals surface area contributed by atoms with E-state index in [1.54, 1.807) is 7.05 Å². The van der Waals surface area contributed by atoms with E-state index < -0.39 is 5.82 Å². The molecular weight excluding hydrogens is 563 g/mol. The lowest BCUT2D eigenvalue weighted by molar-refractivity contribution is 0.0389. The molecule has 228 valence electrons. The van der Waals surface area contributed by atoms with Crippen molar-refractivity contribution >= 4 is 11.9 Å². The molecule has 0 saturated carbocycles. The molecule has 2 aliphatic rings. The van der Waals surface area contributed by atoms with Crippen molar-refractivity contribution in [1.29, 1.82) is 0 Å². The molecule has 4 aromatic rings. The zero-order valence-electron chi connectivity index (χ0n) is 24.6. The number of ether oxygens (including phenoxy) is 2. The van der Waals surface area contributed by atoms with Gasteiger partial charge in [-0.2, -0.15) is 0 Å². The van der Waals surface area contributed by atoms with Crippen LogP contribution in [0.2, 0.25) is 0 Å². The van der Waals surface area contributed by atoms with Crippen molar-refractivity contribution in [2.45, 2.75) is 6.10 Å². The Labute approximate surface area is 255 Å². The second kappa shape index (κ2) is 13.4. The lowest BCUT2D eigenvalue weighted by atomic mass is 10.1. The minimum Gasteiger partial charge on any atom is -0.492 e.